The minimum atomic E-state index is 0. The van der Waals surface area contributed by atoms with Crippen LogP contribution in [0.1, 0.15) is 32.4 Å². The third-order valence-corrected chi connectivity index (χ3v) is 2.91. The minimum absolute atomic E-state index is 0. The fourth-order valence-electron chi connectivity index (χ4n) is 2.01. The Morgan fingerprint density at radius 1 is 1.05 bits per heavy atom. The summed E-state index contributed by atoms with van der Waals surface area (Å²) in [6.07, 6.45) is 2.18. The number of aryl methyl sites for hydroxylation is 1. The highest BCUT2D eigenvalue weighted by molar-refractivity contribution is 5.85. The fourth-order valence-corrected chi connectivity index (χ4v) is 2.01. The molecule has 1 N–H and O–H groups in total. The van der Waals surface area contributed by atoms with E-state index in [2.05, 4.69) is 41.5 Å². The van der Waals surface area contributed by atoms with Gasteiger partial charge in [-0.2, -0.15) is 15.0 Å². The van der Waals surface area contributed by atoms with Crippen LogP contribution in [-0.4, -0.2) is 21.5 Å². The second kappa shape index (κ2) is 8.72. The first-order chi connectivity index (χ1) is 9.35. The first kappa shape index (κ1) is 16.7. The molecular formula is C15H23ClN4. The Bertz CT molecular complexity index is 496. The molecule has 110 valence electrons. The molecule has 0 aliphatic carbocycles. The van der Waals surface area contributed by atoms with Gasteiger partial charge in [0.05, 0.1) is 6.54 Å². The molecule has 5 heteroatoms. The van der Waals surface area contributed by atoms with Crippen molar-refractivity contribution in [2.24, 2.45) is 0 Å². The zero-order chi connectivity index (χ0) is 13.5. The first-order valence-electron chi connectivity index (χ1n) is 7.05. The third kappa shape index (κ3) is 4.32. The maximum Gasteiger partial charge on any atom is 0.117 e. The number of nitrogens with one attached hydrogen (secondary N) is 1. The molecule has 0 saturated heterocycles. The van der Waals surface area contributed by atoms with Gasteiger partial charge in [-0.25, -0.2) is 0 Å². The predicted molar refractivity (Wildman–Crippen MR) is 85.0 cm³/mol. The van der Waals surface area contributed by atoms with Crippen LogP contribution in [0.3, 0.4) is 0 Å². The van der Waals surface area contributed by atoms with Crippen LogP contribution >= 0.6 is 12.4 Å². The Labute approximate surface area is 127 Å². The normalized spacial score (nSPS) is 10.3. The van der Waals surface area contributed by atoms with Gasteiger partial charge >= 0.3 is 0 Å². The van der Waals surface area contributed by atoms with Crippen LogP contribution in [0.15, 0.2) is 30.3 Å². The van der Waals surface area contributed by atoms with Crippen LogP contribution in [0.2, 0.25) is 0 Å². The maximum atomic E-state index is 4.61. The summed E-state index contributed by atoms with van der Waals surface area (Å²) in [6, 6.07) is 10.3. The Hall–Kier alpha value is -1.39. The van der Waals surface area contributed by atoms with Crippen molar-refractivity contribution in [3.05, 3.63) is 36.0 Å². The predicted octanol–water partition coefficient (Wildman–Crippen LogP) is 3.28. The number of aromatic nitrogens is 3. The van der Waals surface area contributed by atoms with E-state index in [1.165, 1.54) is 0 Å². The van der Waals surface area contributed by atoms with Gasteiger partial charge in [-0.1, -0.05) is 44.2 Å². The van der Waals surface area contributed by atoms with Crippen molar-refractivity contribution in [1.82, 2.24) is 20.3 Å². The average Bonchev–Trinajstić information content (AvgIpc) is 2.84. The summed E-state index contributed by atoms with van der Waals surface area (Å²) in [5, 5.41) is 12.6. The first-order valence-corrected chi connectivity index (χ1v) is 7.05. The molecule has 2 rings (SSSR count). The number of halogens is 1. The van der Waals surface area contributed by atoms with Crippen molar-refractivity contribution in [3.63, 3.8) is 0 Å². The molecule has 0 fully saturated rings. The van der Waals surface area contributed by atoms with Crippen LogP contribution in [0, 0.1) is 0 Å². The van der Waals surface area contributed by atoms with Gasteiger partial charge in [0.25, 0.3) is 0 Å². The van der Waals surface area contributed by atoms with Gasteiger partial charge in [0.2, 0.25) is 0 Å². The molecule has 0 saturated carbocycles. The van der Waals surface area contributed by atoms with Crippen LogP contribution in [0.4, 0.5) is 0 Å². The van der Waals surface area contributed by atoms with Crippen LogP contribution in [0.25, 0.3) is 11.3 Å². The van der Waals surface area contributed by atoms with Gasteiger partial charge in [-0.15, -0.1) is 12.4 Å². The molecule has 0 unspecified atom stereocenters. The van der Waals surface area contributed by atoms with E-state index in [1.54, 1.807) is 0 Å². The van der Waals surface area contributed by atoms with E-state index in [-0.39, 0.29) is 12.4 Å². The van der Waals surface area contributed by atoms with Crippen molar-refractivity contribution in [1.29, 1.82) is 0 Å². The van der Waals surface area contributed by atoms with Gasteiger partial charge in [-0.05, 0) is 19.4 Å². The molecule has 1 heterocycles. The average molecular weight is 295 g/mol. The molecule has 2 aromatic rings. The van der Waals surface area contributed by atoms with Crippen LogP contribution in [0.5, 0.6) is 0 Å². The Morgan fingerprint density at radius 2 is 1.80 bits per heavy atom. The van der Waals surface area contributed by atoms with E-state index in [4.69, 9.17) is 0 Å². The standard InChI is InChI=1S/C15H22N4.ClH/c1-3-10-16-12-14-15(13-8-6-5-7-9-13)18-19(17-14)11-4-2;/h5-9,16H,3-4,10-12H2,1-2H3;1H. The molecule has 0 aliphatic rings. The Morgan fingerprint density at radius 3 is 2.45 bits per heavy atom. The number of rotatable bonds is 7. The summed E-state index contributed by atoms with van der Waals surface area (Å²) >= 11 is 0. The smallest absolute Gasteiger partial charge is 0.117 e. The molecule has 0 aliphatic heterocycles. The molecular weight excluding hydrogens is 272 g/mol. The van der Waals surface area contributed by atoms with Crippen LogP contribution in [-0.2, 0) is 13.1 Å². The summed E-state index contributed by atoms with van der Waals surface area (Å²) in [4.78, 5) is 1.81. The Kier molecular flexibility index (Phi) is 7.26. The van der Waals surface area contributed by atoms with Crippen molar-refractivity contribution in [3.8, 4) is 11.3 Å². The highest BCUT2D eigenvalue weighted by Crippen LogP contribution is 2.19. The quantitative estimate of drug-likeness (QED) is 0.797. The van der Waals surface area contributed by atoms with Gasteiger partial charge < -0.3 is 5.32 Å². The van der Waals surface area contributed by atoms with Crippen molar-refractivity contribution >= 4 is 12.4 Å². The number of hydrogen-bond donors (Lipinski definition) is 1. The monoisotopic (exact) mass is 294 g/mol. The second-order valence-corrected chi connectivity index (χ2v) is 4.63. The SMILES string of the molecule is CCCNCc1nn(CCC)nc1-c1ccccc1.Cl. The highest BCUT2D eigenvalue weighted by Gasteiger charge is 2.12. The summed E-state index contributed by atoms with van der Waals surface area (Å²) < 4.78 is 0. The van der Waals surface area contributed by atoms with Gasteiger partial charge in [0, 0.05) is 12.1 Å². The topological polar surface area (TPSA) is 42.7 Å². The minimum Gasteiger partial charge on any atom is -0.311 e. The lowest BCUT2D eigenvalue weighted by molar-refractivity contribution is 0.521. The summed E-state index contributed by atoms with van der Waals surface area (Å²) in [6.45, 7) is 6.96. The molecule has 4 nitrogen and oxygen atoms in total. The highest BCUT2D eigenvalue weighted by atomic mass is 35.5. The lowest BCUT2D eigenvalue weighted by Gasteiger charge is -2.02. The maximum absolute atomic E-state index is 4.61. The molecule has 1 aromatic heterocycles. The summed E-state index contributed by atoms with van der Waals surface area (Å²) in [7, 11) is 0. The Balaban J connectivity index is 0.00000200. The third-order valence-electron chi connectivity index (χ3n) is 2.91. The molecule has 0 bridgehead atoms. The van der Waals surface area contributed by atoms with E-state index in [0.717, 1.165) is 49.4 Å². The van der Waals surface area contributed by atoms with Crippen LogP contribution < -0.4 is 5.32 Å². The van der Waals surface area contributed by atoms with Gasteiger partial charge in [0.15, 0.2) is 0 Å². The number of nitrogens with zero attached hydrogens (tertiary/aromatic N) is 3. The van der Waals surface area contributed by atoms with Gasteiger partial charge in [0.1, 0.15) is 11.4 Å². The zero-order valence-electron chi connectivity index (χ0n) is 12.2. The second-order valence-electron chi connectivity index (χ2n) is 4.63. The molecule has 0 atom stereocenters. The molecule has 0 spiro atoms. The lowest BCUT2D eigenvalue weighted by atomic mass is 10.1. The van der Waals surface area contributed by atoms with E-state index >= 15 is 0 Å². The number of benzene rings is 1. The van der Waals surface area contributed by atoms with Crippen molar-refractivity contribution in [2.45, 2.75) is 39.8 Å². The van der Waals surface area contributed by atoms with E-state index in [1.807, 2.05) is 23.0 Å². The zero-order valence-corrected chi connectivity index (χ0v) is 13.0. The summed E-state index contributed by atoms with van der Waals surface area (Å²) in [5.41, 5.74) is 3.17. The van der Waals surface area contributed by atoms with Gasteiger partial charge in [-0.3, -0.25) is 0 Å². The molecule has 1 aromatic carbocycles. The van der Waals surface area contributed by atoms with E-state index in [9.17, 15) is 0 Å². The molecule has 0 radical (unpaired) electrons. The lowest BCUT2D eigenvalue weighted by Crippen LogP contribution is -2.15. The fraction of sp³-hybridized carbons (Fsp3) is 0.467. The largest absolute Gasteiger partial charge is 0.311 e. The molecule has 20 heavy (non-hydrogen) atoms. The van der Waals surface area contributed by atoms with E-state index in [0.29, 0.717) is 0 Å². The molecule has 0 amide bonds. The van der Waals surface area contributed by atoms with Crippen molar-refractivity contribution in [2.75, 3.05) is 6.54 Å². The van der Waals surface area contributed by atoms with Crippen molar-refractivity contribution < 1.29 is 0 Å². The number of hydrogen-bond acceptors (Lipinski definition) is 3. The van der Waals surface area contributed by atoms with E-state index < -0.39 is 0 Å². The summed E-state index contributed by atoms with van der Waals surface area (Å²) in [5.74, 6) is 0.